The molecule has 0 saturated carbocycles. The van der Waals surface area contributed by atoms with E-state index in [-0.39, 0.29) is 18.4 Å². The molecule has 1 fully saturated rings. The first-order chi connectivity index (χ1) is 11.6. The number of carbonyl (C=O) groups is 2. The van der Waals surface area contributed by atoms with E-state index in [2.05, 4.69) is 15.5 Å². The molecular weight excluding hydrogens is 346 g/mol. The number of hydrogen-bond donors (Lipinski definition) is 1. The number of anilines is 2. The highest BCUT2D eigenvalue weighted by Crippen LogP contribution is 2.28. The fraction of sp³-hybridized carbons (Fsp3) is 0.467. The Morgan fingerprint density at radius 2 is 2.29 bits per heavy atom. The quantitative estimate of drug-likeness (QED) is 0.845. The fourth-order valence-electron chi connectivity index (χ4n) is 2.42. The van der Waals surface area contributed by atoms with E-state index < -0.39 is 0 Å². The van der Waals surface area contributed by atoms with E-state index in [1.807, 2.05) is 17.5 Å². The molecule has 1 N–H and O–H groups in total. The van der Waals surface area contributed by atoms with Gasteiger partial charge in [0.15, 0.2) is 0 Å². The molecule has 7 nitrogen and oxygen atoms in total. The van der Waals surface area contributed by atoms with Crippen molar-refractivity contribution in [1.82, 2.24) is 15.5 Å². The molecule has 3 heterocycles. The second-order valence-corrected chi connectivity index (χ2v) is 7.55. The number of hydrogen-bond acceptors (Lipinski definition) is 7. The van der Waals surface area contributed by atoms with Gasteiger partial charge < -0.3 is 10.2 Å². The lowest BCUT2D eigenvalue weighted by Crippen LogP contribution is -2.35. The third-order valence-electron chi connectivity index (χ3n) is 3.71. The number of nitrogens with one attached hydrogen (secondary N) is 1. The molecule has 1 saturated heterocycles. The first-order valence-electron chi connectivity index (χ1n) is 7.77. The number of likely N-dealkylation sites (N-methyl/N-ethyl adjacent to an activating group) is 1. The lowest BCUT2D eigenvalue weighted by molar-refractivity contribution is -0.120. The minimum Gasteiger partial charge on any atom is -0.350 e. The van der Waals surface area contributed by atoms with Crippen LogP contribution in [0.1, 0.15) is 24.1 Å². The standard InChI is InChI=1S/C15H19N5O2S2/c1-19(10-12(21)16-9-11-5-4-8-23-11)14-17-18-15(24-14)20-7-3-2-6-13(20)22/h4-5,8H,2-3,6-7,9-10H2,1H3,(H,16,21). The van der Waals surface area contributed by atoms with Crippen molar-refractivity contribution in [2.24, 2.45) is 0 Å². The molecule has 0 bridgehead atoms. The highest BCUT2D eigenvalue weighted by Gasteiger charge is 2.24. The Balaban J connectivity index is 1.54. The van der Waals surface area contributed by atoms with Crippen LogP contribution in [-0.4, -0.2) is 42.1 Å². The molecule has 24 heavy (non-hydrogen) atoms. The lowest BCUT2D eigenvalue weighted by atomic mass is 10.1. The fourth-order valence-corrected chi connectivity index (χ4v) is 3.91. The zero-order valence-electron chi connectivity index (χ0n) is 13.4. The van der Waals surface area contributed by atoms with Crippen LogP contribution in [0.5, 0.6) is 0 Å². The Hall–Kier alpha value is -2.00. The van der Waals surface area contributed by atoms with Gasteiger partial charge in [0.25, 0.3) is 0 Å². The van der Waals surface area contributed by atoms with Gasteiger partial charge >= 0.3 is 0 Å². The first-order valence-corrected chi connectivity index (χ1v) is 9.47. The van der Waals surface area contributed by atoms with E-state index in [4.69, 9.17) is 0 Å². The molecule has 9 heteroatoms. The maximum Gasteiger partial charge on any atom is 0.239 e. The Labute approximate surface area is 148 Å². The number of carbonyl (C=O) groups excluding carboxylic acids is 2. The van der Waals surface area contributed by atoms with Gasteiger partial charge in [0.2, 0.25) is 22.1 Å². The van der Waals surface area contributed by atoms with Gasteiger partial charge in [-0.15, -0.1) is 21.5 Å². The van der Waals surface area contributed by atoms with Crippen LogP contribution in [0, 0.1) is 0 Å². The number of nitrogens with zero attached hydrogens (tertiary/aromatic N) is 4. The molecule has 0 unspecified atom stereocenters. The molecule has 0 aliphatic carbocycles. The van der Waals surface area contributed by atoms with Crippen LogP contribution in [0.15, 0.2) is 17.5 Å². The summed E-state index contributed by atoms with van der Waals surface area (Å²) >= 11 is 2.95. The van der Waals surface area contributed by atoms with Crippen LogP contribution < -0.4 is 15.1 Å². The third-order valence-corrected chi connectivity index (χ3v) is 5.64. The van der Waals surface area contributed by atoms with E-state index in [0.717, 1.165) is 17.7 Å². The molecule has 1 aliphatic heterocycles. The van der Waals surface area contributed by atoms with Gasteiger partial charge in [0.05, 0.1) is 13.1 Å². The van der Waals surface area contributed by atoms with Crippen LogP contribution in [0.3, 0.4) is 0 Å². The monoisotopic (exact) mass is 365 g/mol. The zero-order chi connectivity index (χ0) is 16.9. The Morgan fingerprint density at radius 1 is 1.42 bits per heavy atom. The van der Waals surface area contributed by atoms with Crippen LogP contribution in [-0.2, 0) is 16.1 Å². The summed E-state index contributed by atoms with van der Waals surface area (Å²) in [5, 5.41) is 14.3. The van der Waals surface area contributed by atoms with Crippen molar-refractivity contribution >= 4 is 44.8 Å². The maximum absolute atomic E-state index is 12.0. The van der Waals surface area contributed by atoms with E-state index in [0.29, 0.717) is 29.8 Å². The van der Waals surface area contributed by atoms with Gasteiger partial charge in [0.1, 0.15) is 0 Å². The lowest BCUT2D eigenvalue weighted by Gasteiger charge is -2.23. The average molecular weight is 365 g/mol. The summed E-state index contributed by atoms with van der Waals surface area (Å²) in [5.41, 5.74) is 0. The molecular formula is C15H19N5O2S2. The van der Waals surface area contributed by atoms with Crippen molar-refractivity contribution in [1.29, 1.82) is 0 Å². The van der Waals surface area contributed by atoms with E-state index in [1.165, 1.54) is 11.3 Å². The summed E-state index contributed by atoms with van der Waals surface area (Å²) in [7, 11) is 1.80. The summed E-state index contributed by atoms with van der Waals surface area (Å²) in [4.78, 5) is 28.5. The molecule has 128 valence electrons. The smallest absolute Gasteiger partial charge is 0.239 e. The first kappa shape index (κ1) is 16.8. The van der Waals surface area contributed by atoms with E-state index in [1.54, 1.807) is 28.2 Å². The largest absolute Gasteiger partial charge is 0.350 e. The topological polar surface area (TPSA) is 78.4 Å². The van der Waals surface area contributed by atoms with Crippen molar-refractivity contribution in [3.05, 3.63) is 22.4 Å². The summed E-state index contributed by atoms with van der Waals surface area (Å²) in [6.07, 6.45) is 2.49. The van der Waals surface area contributed by atoms with Crippen LogP contribution >= 0.6 is 22.7 Å². The summed E-state index contributed by atoms with van der Waals surface area (Å²) in [6.45, 7) is 1.43. The zero-order valence-corrected chi connectivity index (χ0v) is 15.0. The number of thiophene rings is 1. The van der Waals surface area contributed by atoms with Gasteiger partial charge in [-0.25, -0.2) is 0 Å². The molecule has 0 radical (unpaired) electrons. The molecule has 2 aromatic heterocycles. The number of piperidine rings is 1. The Kier molecular flexibility index (Phi) is 5.41. The van der Waals surface area contributed by atoms with Crippen molar-refractivity contribution < 1.29 is 9.59 Å². The molecule has 2 amide bonds. The minimum atomic E-state index is -0.0725. The minimum absolute atomic E-state index is 0.0725. The summed E-state index contributed by atoms with van der Waals surface area (Å²) in [6, 6.07) is 3.95. The number of amides is 2. The molecule has 3 rings (SSSR count). The molecule has 0 atom stereocenters. The predicted octanol–water partition coefficient (Wildman–Crippen LogP) is 1.87. The molecule has 0 spiro atoms. The normalized spacial score (nSPS) is 14.7. The van der Waals surface area contributed by atoms with E-state index >= 15 is 0 Å². The Bertz CT molecular complexity index is 701. The molecule has 1 aliphatic rings. The van der Waals surface area contributed by atoms with Crippen molar-refractivity contribution in [3.63, 3.8) is 0 Å². The highest BCUT2D eigenvalue weighted by molar-refractivity contribution is 7.19. The SMILES string of the molecule is CN(CC(=O)NCc1cccs1)c1nnc(N2CCCCC2=O)s1. The van der Waals surface area contributed by atoms with Gasteiger partial charge in [-0.3, -0.25) is 14.5 Å². The van der Waals surface area contributed by atoms with Crippen molar-refractivity contribution in [2.75, 3.05) is 29.9 Å². The average Bonchev–Trinajstić information content (AvgIpc) is 3.25. The predicted molar refractivity (Wildman–Crippen MR) is 95.5 cm³/mol. The summed E-state index contributed by atoms with van der Waals surface area (Å²) in [5.74, 6) is 0.0250. The van der Waals surface area contributed by atoms with Crippen LogP contribution in [0.4, 0.5) is 10.3 Å². The second kappa shape index (κ2) is 7.71. The van der Waals surface area contributed by atoms with Gasteiger partial charge in [-0.2, -0.15) is 0 Å². The molecule has 2 aromatic rings. The number of aromatic nitrogens is 2. The van der Waals surface area contributed by atoms with Crippen molar-refractivity contribution in [2.45, 2.75) is 25.8 Å². The van der Waals surface area contributed by atoms with E-state index in [9.17, 15) is 9.59 Å². The van der Waals surface area contributed by atoms with Crippen LogP contribution in [0.2, 0.25) is 0 Å². The number of rotatable bonds is 6. The van der Waals surface area contributed by atoms with Crippen LogP contribution in [0.25, 0.3) is 0 Å². The highest BCUT2D eigenvalue weighted by atomic mass is 32.1. The van der Waals surface area contributed by atoms with Gasteiger partial charge in [-0.1, -0.05) is 17.4 Å². The van der Waals surface area contributed by atoms with Gasteiger partial charge in [-0.05, 0) is 24.3 Å². The maximum atomic E-state index is 12.0. The van der Waals surface area contributed by atoms with Crippen molar-refractivity contribution in [3.8, 4) is 0 Å². The van der Waals surface area contributed by atoms with Gasteiger partial charge in [0, 0.05) is 24.9 Å². The third kappa shape index (κ3) is 4.09. The molecule has 0 aromatic carbocycles. The Morgan fingerprint density at radius 3 is 3.04 bits per heavy atom. The second-order valence-electron chi connectivity index (χ2n) is 5.58. The summed E-state index contributed by atoms with van der Waals surface area (Å²) < 4.78 is 0.